The minimum atomic E-state index is -0.293. The zero-order valence-electron chi connectivity index (χ0n) is 19.9. The number of carbonyl (C=O) groups excluding carboxylic acids is 1. The van der Waals surface area contributed by atoms with E-state index in [-0.39, 0.29) is 17.3 Å². The molecular formula is C27H33N3O2S. The van der Waals surface area contributed by atoms with Crippen molar-refractivity contribution in [3.8, 4) is 11.3 Å². The van der Waals surface area contributed by atoms with Gasteiger partial charge in [-0.15, -0.1) is 0 Å². The number of ether oxygens (including phenoxy) is 1. The van der Waals surface area contributed by atoms with Gasteiger partial charge in [0.15, 0.2) is 5.16 Å². The molecule has 1 aliphatic heterocycles. The predicted octanol–water partition coefficient (Wildman–Crippen LogP) is 6.28. The van der Waals surface area contributed by atoms with E-state index >= 15 is 0 Å². The summed E-state index contributed by atoms with van der Waals surface area (Å²) < 4.78 is 8.13. The first-order valence-corrected chi connectivity index (χ1v) is 12.6. The molecule has 1 aromatic heterocycles. The molecule has 0 radical (unpaired) electrons. The van der Waals surface area contributed by atoms with Crippen molar-refractivity contribution in [1.29, 1.82) is 0 Å². The van der Waals surface area contributed by atoms with Crippen molar-refractivity contribution in [2.24, 2.45) is 0 Å². The molecule has 174 valence electrons. The number of thioether (sulfide) groups is 1. The highest BCUT2D eigenvalue weighted by atomic mass is 32.2. The Morgan fingerprint density at radius 3 is 2.67 bits per heavy atom. The van der Waals surface area contributed by atoms with Crippen LogP contribution in [0.5, 0.6) is 0 Å². The van der Waals surface area contributed by atoms with Gasteiger partial charge in [-0.2, -0.15) is 0 Å². The molecular weight excluding hydrogens is 430 g/mol. The second-order valence-electron chi connectivity index (χ2n) is 8.98. The van der Waals surface area contributed by atoms with Gasteiger partial charge in [0.1, 0.15) is 0 Å². The van der Waals surface area contributed by atoms with Crippen LogP contribution in [0.4, 0.5) is 5.69 Å². The molecule has 0 spiro atoms. The maximum Gasteiger partial charge on any atom is 0.237 e. The summed E-state index contributed by atoms with van der Waals surface area (Å²) in [5.41, 5.74) is 5.35. The maximum atomic E-state index is 13.2. The van der Waals surface area contributed by atoms with Crippen LogP contribution in [0, 0.1) is 6.92 Å². The molecule has 4 rings (SSSR count). The number of hydrogen-bond donors (Lipinski definition) is 1. The van der Waals surface area contributed by atoms with Crippen LogP contribution in [0.1, 0.15) is 50.7 Å². The SMILES string of the molecule is Cc1cccc(C(C)C)c1NC(=O)C(C)Sc1ncc(-c2ccccc2)n1CC1CCCO1. The van der Waals surface area contributed by atoms with Crippen molar-refractivity contribution in [2.45, 2.75) is 69.5 Å². The van der Waals surface area contributed by atoms with Crippen LogP contribution in [0.3, 0.4) is 0 Å². The van der Waals surface area contributed by atoms with Crippen LogP contribution in [0.2, 0.25) is 0 Å². The quantitative estimate of drug-likeness (QED) is 0.400. The van der Waals surface area contributed by atoms with Crippen LogP contribution in [0.15, 0.2) is 59.9 Å². The molecule has 2 heterocycles. The van der Waals surface area contributed by atoms with E-state index in [0.717, 1.165) is 59.2 Å². The number of nitrogens with one attached hydrogen (secondary N) is 1. The monoisotopic (exact) mass is 463 g/mol. The highest BCUT2D eigenvalue weighted by Crippen LogP contribution is 2.32. The van der Waals surface area contributed by atoms with Crippen molar-refractivity contribution in [3.63, 3.8) is 0 Å². The lowest BCUT2D eigenvalue weighted by Crippen LogP contribution is -2.25. The van der Waals surface area contributed by atoms with Crippen LogP contribution < -0.4 is 5.32 Å². The number of rotatable bonds is 8. The standard InChI is InChI=1S/C27H33N3O2S/c1-18(2)23-14-8-10-19(3)25(23)29-26(31)20(4)33-27-28-16-24(21-11-6-5-7-12-21)30(27)17-22-13-9-15-32-22/h5-8,10-12,14,16,18,20,22H,9,13,15,17H2,1-4H3,(H,29,31). The Balaban J connectivity index is 1.56. The van der Waals surface area contributed by atoms with Crippen molar-refractivity contribution in [3.05, 3.63) is 65.9 Å². The highest BCUT2D eigenvalue weighted by Gasteiger charge is 2.24. The summed E-state index contributed by atoms with van der Waals surface area (Å²) in [6, 6.07) is 16.5. The maximum absolute atomic E-state index is 13.2. The Kier molecular flexibility index (Phi) is 7.56. The summed E-state index contributed by atoms with van der Waals surface area (Å²) in [7, 11) is 0. The summed E-state index contributed by atoms with van der Waals surface area (Å²) in [6.07, 6.45) is 4.24. The molecule has 2 aromatic carbocycles. The van der Waals surface area contributed by atoms with Gasteiger partial charge < -0.3 is 14.6 Å². The Morgan fingerprint density at radius 2 is 1.97 bits per heavy atom. The Labute approximate surface area is 201 Å². The van der Waals surface area contributed by atoms with E-state index in [0.29, 0.717) is 5.92 Å². The smallest absolute Gasteiger partial charge is 0.237 e. The third kappa shape index (κ3) is 5.50. The molecule has 1 saturated heterocycles. The third-order valence-electron chi connectivity index (χ3n) is 6.13. The fraction of sp³-hybridized carbons (Fsp3) is 0.407. The van der Waals surface area contributed by atoms with Crippen LogP contribution in [-0.2, 0) is 16.1 Å². The molecule has 1 fully saturated rings. The molecule has 1 amide bonds. The fourth-order valence-electron chi connectivity index (χ4n) is 4.24. The summed E-state index contributed by atoms with van der Waals surface area (Å²) in [4.78, 5) is 17.9. The van der Waals surface area contributed by atoms with Gasteiger partial charge in [0.25, 0.3) is 0 Å². The fourth-order valence-corrected chi connectivity index (χ4v) is 5.14. The first kappa shape index (κ1) is 23.6. The van der Waals surface area contributed by atoms with E-state index in [4.69, 9.17) is 9.72 Å². The summed E-state index contributed by atoms with van der Waals surface area (Å²) in [5.74, 6) is 0.325. The van der Waals surface area contributed by atoms with Gasteiger partial charge in [0, 0.05) is 12.3 Å². The van der Waals surface area contributed by atoms with Crippen LogP contribution in [0.25, 0.3) is 11.3 Å². The first-order valence-electron chi connectivity index (χ1n) is 11.7. The second-order valence-corrected chi connectivity index (χ2v) is 10.3. The van der Waals surface area contributed by atoms with Gasteiger partial charge >= 0.3 is 0 Å². The zero-order valence-corrected chi connectivity index (χ0v) is 20.7. The summed E-state index contributed by atoms with van der Waals surface area (Å²) in [6.45, 7) is 9.84. The average molecular weight is 464 g/mol. The van der Waals surface area contributed by atoms with Gasteiger partial charge in [-0.25, -0.2) is 4.98 Å². The van der Waals surface area contributed by atoms with Crippen molar-refractivity contribution < 1.29 is 9.53 Å². The minimum absolute atomic E-state index is 0.0101. The van der Waals surface area contributed by atoms with Gasteiger partial charge in [0.2, 0.25) is 5.91 Å². The number of aromatic nitrogens is 2. The van der Waals surface area contributed by atoms with Gasteiger partial charge in [-0.05, 0) is 49.3 Å². The van der Waals surface area contributed by atoms with Gasteiger partial charge in [-0.3, -0.25) is 4.79 Å². The van der Waals surface area contributed by atoms with Crippen molar-refractivity contribution in [2.75, 3.05) is 11.9 Å². The number of amides is 1. The van der Waals surface area contributed by atoms with Gasteiger partial charge in [-0.1, -0.05) is 74.1 Å². The number of anilines is 1. The topological polar surface area (TPSA) is 56.2 Å². The summed E-state index contributed by atoms with van der Waals surface area (Å²) >= 11 is 1.50. The van der Waals surface area contributed by atoms with E-state index in [1.165, 1.54) is 11.8 Å². The van der Waals surface area contributed by atoms with E-state index in [2.05, 4.69) is 41.9 Å². The molecule has 3 aromatic rings. The normalized spacial score (nSPS) is 16.8. The second kappa shape index (κ2) is 10.6. The molecule has 1 aliphatic rings. The van der Waals surface area contributed by atoms with Crippen molar-refractivity contribution >= 4 is 23.4 Å². The Morgan fingerprint density at radius 1 is 1.18 bits per heavy atom. The average Bonchev–Trinajstić information content (AvgIpc) is 3.46. The largest absolute Gasteiger partial charge is 0.376 e. The van der Waals surface area contributed by atoms with Crippen LogP contribution >= 0.6 is 11.8 Å². The Bertz CT molecular complexity index is 1090. The molecule has 0 aliphatic carbocycles. The third-order valence-corrected chi connectivity index (χ3v) is 7.23. The molecule has 5 nitrogen and oxygen atoms in total. The molecule has 2 atom stereocenters. The first-order chi connectivity index (χ1) is 15.9. The van der Waals surface area contributed by atoms with E-state index in [1.54, 1.807) is 0 Å². The highest BCUT2D eigenvalue weighted by molar-refractivity contribution is 8.00. The number of aryl methyl sites for hydroxylation is 1. The zero-order chi connectivity index (χ0) is 23.4. The number of benzene rings is 2. The van der Waals surface area contributed by atoms with E-state index < -0.39 is 0 Å². The summed E-state index contributed by atoms with van der Waals surface area (Å²) in [5, 5.41) is 3.75. The molecule has 0 saturated carbocycles. The number of hydrogen-bond acceptors (Lipinski definition) is 4. The number of para-hydroxylation sites is 1. The molecule has 0 bridgehead atoms. The van der Waals surface area contributed by atoms with Crippen LogP contribution in [-0.4, -0.2) is 33.4 Å². The number of imidazole rings is 1. The number of nitrogens with zero attached hydrogens (tertiary/aromatic N) is 2. The predicted molar refractivity (Wildman–Crippen MR) is 136 cm³/mol. The number of carbonyl (C=O) groups is 1. The molecule has 2 unspecified atom stereocenters. The lowest BCUT2D eigenvalue weighted by molar-refractivity contribution is -0.115. The molecule has 6 heteroatoms. The van der Waals surface area contributed by atoms with E-state index in [1.807, 2.05) is 50.4 Å². The lowest BCUT2D eigenvalue weighted by Gasteiger charge is -2.20. The minimum Gasteiger partial charge on any atom is -0.376 e. The van der Waals surface area contributed by atoms with Gasteiger partial charge in [0.05, 0.1) is 29.8 Å². The Hall–Kier alpha value is -2.57. The molecule has 33 heavy (non-hydrogen) atoms. The lowest BCUT2D eigenvalue weighted by atomic mass is 9.98. The van der Waals surface area contributed by atoms with E-state index in [9.17, 15) is 4.79 Å². The van der Waals surface area contributed by atoms with Crippen molar-refractivity contribution in [1.82, 2.24) is 9.55 Å². The molecule has 1 N–H and O–H groups in total.